The highest BCUT2D eigenvalue weighted by molar-refractivity contribution is 7.81. The molecule has 6 rings (SSSR count). The lowest BCUT2D eigenvalue weighted by Gasteiger charge is -2.35. The van der Waals surface area contributed by atoms with Crippen molar-refractivity contribution in [2.75, 3.05) is 56.5 Å². The molecule has 0 unspecified atom stereocenters. The Labute approximate surface area is 429 Å². The first-order valence-corrected chi connectivity index (χ1v) is 24.6. The third-order valence-electron chi connectivity index (χ3n) is 12.1. The van der Waals surface area contributed by atoms with Crippen molar-refractivity contribution in [2.24, 2.45) is 5.41 Å². The molecule has 0 radical (unpaired) electrons. The van der Waals surface area contributed by atoms with E-state index < -0.39 is 81.6 Å². The van der Waals surface area contributed by atoms with Crippen molar-refractivity contribution in [3.05, 3.63) is 82.2 Å². The number of aryl methyl sites for hydroxylation is 1. The number of nitrogens with one attached hydrogen (secondary N) is 2. The second-order valence-electron chi connectivity index (χ2n) is 18.9. The van der Waals surface area contributed by atoms with Crippen LogP contribution >= 0.6 is 23.6 Å². The molecule has 3 N–H and O–H groups in total. The van der Waals surface area contributed by atoms with E-state index in [4.69, 9.17) is 31.2 Å². The second-order valence-corrected chi connectivity index (χ2v) is 20.2. The Bertz CT molecular complexity index is 2710. The number of methoxy groups -OCH3 is 1. The predicted molar refractivity (Wildman–Crippen MR) is 266 cm³/mol. The largest absolute Gasteiger partial charge is 0.479 e. The fourth-order valence-corrected chi connectivity index (χ4v) is 9.65. The van der Waals surface area contributed by atoms with Crippen LogP contribution in [0.2, 0.25) is 0 Å². The van der Waals surface area contributed by atoms with Gasteiger partial charge in [-0.25, -0.2) is 9.37 Å². The van der Waals surface area contributed by atoms with Crippen molar-refractivity contribution >= 4 is 63.7 Å². The number of carbonyl (C=O) groups excluding carboxylic acids is 4. The molecule has 2 saturated heterocycles. The Balaban J connectivity index is 0.897. The minimum absolute atomic E-state index is 0.0283. The Morgan fingerprint density at radius 3 is 2.32 bits per heavy atom. The fraction of sp³-hybridized carbons (Fsp3) is 0.480. The zero-order valence-corrected chi connectivity index (χ0v) is 43.1. The molecule has 2 fully saturated rings. The first-order chi connectivity index (χ1) is 34.5. The standard InChI is InChI=1S/C50H58F4N8O9S2/c1-29-41(73-28-57-29)31-13-11-30(12-14-31)25-56-43(65)36-23-33(63)26-60(36)45(66)42(48(2,3)4)58-37(64)27-70-21-10-20-69-19-8-9-22-71-38-18-17-35(44(59-38)68-7)62-47(72)61(46(67)49(62,5)6)34-16-15-32(24-55)39(40(34)51)50(52,53)54/h11-18,28,33,36,42,63H,8-10,19-23,25-27H2,1-7H3,(H,56,65)(H,58,64)/t33-,36+,42-/m1/s1. The lowest BCUT2D eigenvalue weighted by Crippen LogP contribution is -2.58. The number of thiocarbonyl (C=S) groups is 1. The number of hydrogen-bond acceptors (Lipinski definition) is 14. The van der Waals surface area contributed by atoms with Gasteiger partial charge in [-0.15, -0.1) is 11.3 Å². The number of hydrogen-bond donors (Lipinski definition) is 3. The highest BCUT2D eigenvalue weighted by atomic mass is 32.1. The Kier molecular flexibility index (Phi) is 18.2. The van der Waals surface area contributed by atoms with E-state index in [-0.39, 0.29) is 61.9 Å². The van der Waals surface area contributed by atoms with Crippen molar-refractivity contribution in [1.29, 1.82) is 5.26 Å². The van der Waals surface area contributed by atoms with E-state index in [1.165, 1.54) is 49.0 Å². The van der Waals surface area contributed by atoms with Crippen LogP contribution in [0, 0.1) is 29.5 Å². The normalized spacial score (nSPS) is 17.2. The molecule has 3 atom stereocenters. The number of pyridine rings is 1. The molecule has 4 amide bonds. The topological polar surface area (TPSA) is 209 Å². The number of nitrogens with zero attached hydrogens (tertiary/aromatic N) is 6. The molecule has 0 aliphatic carbocycles. The molecule has 73 heavy (non-hydrogen) atoms. The number of benzene rings is 2. The molecule has 392 valence electrons. The van der Waals surface area contributed by atoms with E-state index in [0.717, 1.165) is 33.8 Å². The SMILES string of the molecule is COc1nc(OCCCCOCCCOCC(=O)N[C@H](C(=O)N2C[C@H](O)C[C@H]2C(=O)NCc2ccc(-c3scnc3C)cc2)C(C)(C)C)ccc1N1C(=S)N(c2ccc(C#N)c(C(F)(F)F)c2F)C(=O)C1(C)C. The van der Waals surface area contributed by atoms with Crippen LogP contribution in [0.5, 0.6) is 11.8 Å². The summed E-state index contributed by atoms with van der Waals surface area (Å²) in [4.78, 5) is 67.1. The maximum absolute atomic E-state index is 15.5. The number of aliphatic hydroxyl groups is 1. The van der Waals surface area contributed by atoms with Gasteiger partial charge in [0.2, 0.25) is 29.5 Å². The number of halogens is 4. The van der Waals surface area contributed by atoms with Gasteiger partial charge in [0, 0.05) is 45.4 Å². The van der Waals surface area contributed by atoms with Gasteiger partial charge in [0.15, 0.2) is 10.9 Å². The quantitative estimate of drug-likeness (QED) is 0.0443. The molecular formula is C50H58F4N8O9S2. The van der Waals surface area contributed by atoms with Gasteiger partial charge in [0.05, 0.1) is 53.2 Å². The first-order valence-electron chi connectivity index (χ1n) is 23.4. The number of aromatic nitrogens is 2. The summed E-state index contributed by atoms with van der Waals surface area (Å²) < 4.78 is 79.4. The molecule has 0 saturated carbocycles. The molecule has 2 aliphatic rings. The zero-order valence-electron chi connectivity index (χ0n) is 41.4. The van der Waals surface area contributed by atoms with Crippen LogP contribution in [0.3, 0.4) is 0 Å². The summed E-state index contributed by atoms with van der Waals surface area (Å²) in [5, 5.41) is 25.1. The van der Waals surface area contributed by atoms with Gasteiger partial charge in [-0.3, -0.25) is 29.0 Å². The van der Waals surface area contributed by atoms with Gasteiger partial charge in [0.1, 0.15) is 35.5 Å². The third-order valence-corrected chi connectivity index (χ3v) is 13.5. The number of carbonyl (C=O) groups is 4. The molecule has 17 nitrogen and oxygen atoms in total. The van der Waals surface area contributed by atoms with Crippen LogP contribution in [-0.4, -0.2) is 119 Å². The lowest BCUT2D eigenvalue weighted by atomic mass is 9.85. The van der Waals surface area contributed by atoms with E-state index in [1.54, 1.807) is 37.6 Å². The van der Waals surface area contributed by atoms with E-state index in [9.17, 15) is 42.7 Å². The average Bonchev–Trinajstić information content (AvgIpc) is 4.00. The number of anilines is 2. The molecule has 0 spiro atoms. The minimum atomic E-state index is -5.22. The van der Waals surface area contributed by atoms with E-state index >= 15 is 4.39 Å². The average molecular weight is 1060 g/mol. The van der Waals surface area contributed by atoms with Crippen LogP contribution in [0.1, 0.15) is 82.7 Å². The maximum Gasteiger partial charge on any atom is 0.420 e. The van der Waals surface area contributed by atoms with E-state index in [1.807, 2.05) is 31.2 Å². The summed E-state index contributed by atoms with van der Waals surface area (Å²) in [5.41, 5.74) is -0.990. The number of ether oxygens (including phenoxy) is 4. The molecule has 4 heterocycles. The van der Waals surface area contributed by atoms with Gasteiger partial charge in [-0.05, 0) is 87.0 Å². The van der Waals surface area contributed by atoms with Crippen molar-refractivity contribution < 1.29 is 60.8 Å². The number of rotatable bonds is 21. The summed E-state index contributed by atoms with van der Waals surface area (Å²) in [7, 11) is 1.32. The summed E-state index contributed by atoms with van der Waals surface area (Å²) in [6.45, 7) is 11.3. The van der Waals surface area contributed by atoms with Crippen LogP contribution in [-0.2, 0) is 41.4 Å². The highest BCUT2D eigenvalue weighted by Crippen LogP contribution is 2.44. The van der Waals surface area contributed by atoms with Crippen molar-refractivity contribution in [3.8, 4) is 28.3 Å². The van der Waals surface area contributed by atoms with Gasteiger partial charge in [-0.2, -0.15) is 23.4 Å². The van der Waals surface area contributed by atoms with Crippen molar-refractivity contribution in [1.82, 2.24) is 25.5 Å². The molecule has 2 aromatic heterocycles. The number of thiazole rings is 1. The molecule has 4 aromatic rings. The third kappa shape index (κ3) is 13.1. The number of aliphatic hydroxyl groups excluding tert-OH is 1. The predicted octanol–water partition coefficient (Wildman–Crippen LogP) is 6.86. The minimum Gasteiger partial charge on any atom is -0.479 e. The molecule has 23 heteroatoms. The van der Waals surface area contributed by atoms with E-state index in [2.05, 4.69) is 20.6 Å². The lowest BCUT2D eigenvalue weighted by molar-refractivity contribution is -0.144. The fourth-order valence-electron chi connectivity index (χ4n) is 8.33. The Hall–Kier alpha value is -6.32. The molecule has 2 aromatic carbocycles. The van der Waals surface area contributed by atoms with Crippen molar-refractivity contribution in [2.45, 2.75) is 104 Å². The molecule has 0 bridgehead atoms. The van der Waals surface area contributed by atoms with Gasteiger partial charge < -0.3 is 39.6 Å². The van der Waals surface area contributed by atoms with Gasteiger partial charge in [-0.1, -0.05) is 45.0 Å². The monoisotopic (exact) mass is 1050 g/mol. The van der Waals surface area contributed by atoms with Crippen LogP contribution in [0.25, 0.3) is 10.4 Å². The summed E-state index contributed by atoms with van der Waals surface area (Å²) in [5.74, 6) is -3.90. The number of alkyl halides is 3. The number of nitriles is 1. The summed E-state index contributed by atoms with van der Waals surface area (Å²) in [6.07, 6.45) is -4.39. The second kappa shape index (κ2) is 23.7. The van der Waals surface area contributed by atoms with Crippen molar-refractivity contribution in [3.63, 3.8) is 0 Å². The van der Waals surface area contributed by atoms with Crippen LogP contribution < -0.4 is 29.9 Å². The van der Waals surface area contributed by atoms with Crippen LogP contribution in [0.4, 0.5) is 28.9 Å². The number of β-amino-alcohol motifs (C(OH)–C–C–N with tert-alkyl or cyclic N) is 1. The number of amides is 4. The number of unbranched alkanes of at least 4 members (excludes halogenated alkanes) is 1. The van der Waals surface area contributed by atoms with Crippen LogP contribution in [0.15, 0.2) is 54.0 Å². The Morgan fingerprint density at radius 1 is 1.00 bits per heavy atom. The summed E-state index contributed by atoms with van der Waals surface area (Å²) in [6, 6.07) is 11.9. The first kappa shape index (κ1) is 56.0. The maximum atomic E-state index is 15.5. The highest BCUT2D eigenvalue weighted by Gasteiger charge is 2.53. The van der Waals surface area contributed by atoms with Gasteiger partial charge in [0.25, 0.3) is 5.91 Å². The molecular weight excluding hydrogens is 997 g/mol. The number of likely N-dealkylation sites (tertiary alicyclic amines) is 1. The van der Waals surface area contributed by atoms with Gasteiger partial charge >= 0.3 is 6.18 Å². The Morgan fingerprint density at radius 2 is 1.67 bits per heavy atom. The smallest absolute Gasteiger partial charge is 0.420 e. The molecule has 2 aliphatic heterocycles. The zero-order chi connectivity index (χ0) is 53.4. The van der Waals surface area contributed by atoms with E-state index in [0.29, 0.717) is 37.4 Å². The summed E-state index contributed by atoms with van der Waals surface area (Å²) >= 11 is 7.09.